The van der Waals surface area contributed by atoms with Crippen molar-refractivity contribution in [1.82, 2.24) is 10.3 Å². The second kappa shape index (κ2) is 5.97. The molecule has 2 rings (SSSR count). The number of hydrogen-bond donors (Lipinski definition) is 2. The highest BCUT2D eigenvalue weighted by Crippen LogP contribution is 2.25. The number of aromatic amines is 1. The van der Waals surface area contributed by atoms with Gasteiger partial charge in [-0.25, -0.2) is 4.79 Å². The average molecular weight is 281 g/mol. The number of aryl methyl sites for hydroxylation is 1. The van der Waals surface area contributed by atoms with Gasteiger partial charge < -0.3 is 15.0 Å². The lowest BCUT2D eigenvalue weighted by Gasteiger charge is -2.05. The number of carbonyl (C=O) groups is 1. The largest absolute Gasteiger partial charge is 0.450 e. The first-order valence-corrected chi connectivity index (χ1v) is 6.67. The Morgan fingerprint density at radius 2 is 2.26 bits per heavy atom. The molecule has 0 saturated heterocycles. The second-order valence-corrected chi connectivity index (χ2v) is 4.75. The van der Waals surface area contributed by atoms with Crippen molar-refractivity contribution in [2.75, 3.05) is 13.2 Å². The first kappa shape index (κ1) is 13.7. The Balaban J connectivity index is 2.09. The molecule has 0 aliphatic heterocycles. The molecule has 0 bridgehead atoms. The molecule has 1 aromatic carbocycles. The lowest BCUT2D eigenvalue weighted by Crippen LogP contribution is -2.26. The molecule has 2 N–H and O–H groups in total. The van der Waals surface area contributed by atoms with Gasteiger partial charge in [-0.3, -0.25) is 0 Å². The second-order valence-electron chi connectivity index (χ2n) is 4.32. The maximum Gasteiger partial charge on any atom is 0.407 e. The monoisotopic (exact) mass is 280 g/mol. The third-order valence-electron chi connectivity index (χ3n) is 3.00. The SMILES string of the molecule is CCOC(=O)NCCc1c(C)[nH]c2ccc(Cl)cc12. The predicted molar refractivity (Wildman–Crippen MR) is 76.8 cm³/mol. The number of carbonyl (C=O) groups excluding carboxylic acids is 1. The van der Waals surface area contributed by atoms with Crippen molar-refractivity contribution < 1.29 is 9.53 Å². The van der Waals surface area contributed by atoms with E-state index >= 15 is 0 Å². The fourth-order valence-corrected chi connectivity index (χ4v) is 2.32. The van der Waals surface area contributed by atoms with Gasteiger partial charge in [0.1, 0.15) is 0 Å². The zero-order valence-electron chi connectivity index (χ0n) is 11.0. The third-order valence-corrected chi connectivity index (χ3v) is 3.24. The van der Waals surface area contributed by atoms with Crippen LogP contribution in [0.3, 0.4) is 0 Å². The van der Waals surface area contributed by atoms with Crippen LogP contribution in [-0.2, 0) is 11.2 Å². The molecular weight excluding hydrogens is 264 g/mol. The number of halogens is 1. The standard InChI is InChI=1S/C14H17ClN2O2/c1-3-19-14(18)16-7-6-11-9(2)17-13-5-4-10(15)8-12(11)13/h4-5,8,17H,3,6-7H2,1-2H3,(H,16,18). The summed E-state index contributed by atoms with van der Waals surface area (Å²) in [6.07, 6.45) is 0.364. The van der Waals surface area contributed by atoms with Gasteiger partial charge in [0, 0.05) is 28.2 Å². The summed E-state index contributed by atoms with van der Waals surface area (Å²) in [7, 11) is 0. The normalized spacial score (nSPS) is 10.7. The molecule has 2 aromatic rings. The van der Waals surface area contributed by atoms with Crippen LogP contribution in [0.15, 0.2) is 18.2 Å². The Morgan fingerprint density at radius 3 is 3.00 bits per heavy atom. The molecule has 0 aliphatic rings. The van der Waals surface area contributed by atoms with Gasteiger partial charge in [0.15, 0.2) is 0 Å². The van der Waals surface area contributed by atoms with Gasteiger partial charge in [-0.2, -0.15) is 0 Å². The van der Waals surface area contributed by atoms with E-state index in [0.29, 0.717) is 18.2 Å². The van der Waals surface area contributed by atoms with Crippen molar-refractivity contribution in [3.63, 3.8) is 0 Å². The van der Waals surface area contributed by atoms with E-state index in [1.165, 1.54) is 5.56 Å². The van der Waals surface area contributed by atoms with E-state index in [9.17, 15) is 4.79 Å². The highest BCUT2D eigenvalue weighted by molar-refractivity contribution is 6.31. The van der Waals surface area contributed by atoms with Crippen LogP contribution in [0, 0.1) is 6.92 Å². The number of alkyl carbamates (subject to hydrolysis) is 1. The molecule has 0 fully saturated rings. The molecule has 1 amide bonds. The van der Waals surface area contributed by atoms with Gasteiger partial charge in [-0.15, -0.1) is 0 Å². The van der Waals surface area contributed by atoms with Crippen LogP contribution >= 0.6 is 11.6 Å². The van der Waals surface area contributed by atoms with Crippen molar-refractivity contribution in [1.29, 1.82) is 0 Å². The zero-order valence-corrected chi connectivity index (χ0v) is 11.8. The minimum Gasteiger partial charge on any atom is -0.450 e. The maximum absolute atomic E-state index is 11.2. The molecule has 0 spiro atoms. The van der Waals surface area contributed by atoms with Gasteiger partial charge in [0.05, 0.1) is 6.61 Å². The highest BCUT2D eigenvalue weighted by Gasteiger charge is 2.09. The van der Waals surface area contributed by atoms with Crippen LogP contribution in [0.1, 0.15) is 18.2 Å². The van der Waals surface area contributed by atoms with Crippen molar-refractivity contribution in [3.8, 4) is 0 Å². The number of fused-ring (bicyclic) bond motifs is 1. The number of H-pyrrole nitrogens is 1. The molecule has 4 nitrogen and oxygen atoms in total. The van der Waals surface area contributed by atoms with E-state index < -0.39 is 0 Å². The number of nitrogens with one attached hydrogen (secondary N) is 2. The molecule has 5 heteroatoms. The summed E-state index contributed by atoms with van der Waals surface area (Å²) in [5, 5.41) is 4.54. The maximum atomic E-state index is 11.2. The van der Waals surface area contributed by atoms with Crippen LogP contribution in [-0.4, -0.2) is 24.2 Å². The van der Waals surface area contributed by atoms with Gasteiger partial charge in [-0.1, -0.05) is 11.6 Å². The lowest BCUT2D eigenvalue weighted by atomic mass is 10.1. The van der Waals surface area contributed by atoms with E-state index in [1.54, 1.807) is 6.92 Å². The Kier molecular flexibility index (Phi) is 4.32. The van der Waals surface area contributed by atoms with Crippen molar-refractivity contribution >= 4 is 28.6 Å². The van der Waals surface area contributed by atoms with Crippen molar-refractivity contribution in [3.05, 3.63) is 34.5 Å². The number of aromatic nitrogens is 1. The van der Waals surface area contributed by atoms with Crippen molar-refractivity contribution in [2.24, 2.45) is 0 Å². The summed E-state index contributed by atoms with van der Waals surface area (Å²) in [4.78, 5) is 14.5. The van der Waals surface area contributed by atoms with Gasteiger partial charge in [0.25, 0.3) is 0 Å². The quantitative estimate of drug-likeness (QED) is 0.902. The Morgan fingerprint density at radius 1 is 1.47 bits per heavy atom. The smallest absolute Gasteiger partial charge is 0.407 e. The van der Waals surface area contributed by atoms with Crippen LogP contribution < -0.4 is 5.32 Å². The molecule has 0 radical (unpaired) electrons. The van der Waals surface area contributed by atoms with Gasteiger partial charge >= 0.3 is 6.09 Å². The topological polar surface area (TPSA) is 54.1 Å². The average Bonchev–Trinajstić information content (AvgIpc) is 2.66. The van der Waals surface area contributed by atoms with Crippen LogP contribution in [0.5, 0.6) is 0 Å². The zero-order chi connectivity index (χ0) is 13.8. The molecule has 0 aliphatic carbocycles. The number of amides is 1. The lowest BCUT2D eigenvalue weighted by molar-refractivity contribution is 0.152. The van der Waals surface area contributed by atoms with Crippen LogP contribution in [0.4, 0.5) is 4.79 Å². The van der Waals surface area contributed by atoms with Crippen molar-refractivity contribution in [2.45, 2.75) is 20.3 Å². The number of benzene rings is 1. The molecule has 1 heterocycles. The fourth-order valence-electron chi connectivity index (χ4n) is 2.15. The van der Waals surface area contributed by atoms with Gasteiger partial charge in [0.2, 0.25) is 0 Å². The molecule has 19 heavy (non-hydrogen) atoms. The molecule has 0 saturated carbocycles. The van der Waals surface area contributed by atoms with E-state index in [0.717, 1.165) is 23.0 Å². The fraction of sp³-hybridized carbons (Fsp3) is 0.357. The molecule has 1 aromatic heterocycles. The molecule has 0 unspecified atom stereocenters. The summed E-state index contributed by atoms with van der Waals surface area (Å²) in [6.45, 7) is 4.73. The minimum absolute atomic E-state index is 0.377. The number of hydrogen-bond acceptors (Lipinski definition) is 2. The van der Waals surface area contributed by atoms with E-state index in [2.05, 4.69) is 10.3 Å². The summed E-state index contributed by atoms with van der Waals surface area (Å²) >= 11 is 6.02. The molecule has 0 atom stereocenters. The predicted octanol–water partition coefficient (Wildman–Crippen LogP) is 3.42. The van der Waals surface area contributed by atoms with E-state index in [-0.39, 0.29) is 6.09 Å². The Bertz CT molecular complexity index is 592. The molecular formula is C14H17ClN2O2. The summed E-state index contributed by atoms with van der Waals surface area (Å²) in [6, 6.07) is 5.77. The Labute approximate surface area is 117 Å². The van der Waals surface area contributed by atoms with E-state index in [4.69, 9.17) is 16.3 Å². The van der Waals surface area contributed by atoms with Crippen LogP contribution in [0.2, 0.25) is 5.02 Å². The van der Waals surface area contributed by atoms with E-state index in [1.807, 2.05) is 25.1 Å². The van der Waals surface area contributed by atoms with Gasteiger partial charge in [-0.05, 0) is 44.0 Å². The van der Waals surface area contributed by atoms with Crippen LogP contribution in [0.25, 0.3) is 10.9 Å². The summed E-state index contributed by atoms with van der Waals surface area (Å²) < 4.78 is 4.82. The minimum atomic E-state index is -0.377. The molecule has 102 valence electrons. The Hall–Kier alpha value is -1.68. The summed E-state index contributed by atoms with van der Waals surface area (Å²) in [5.74, 6) is 0. The number of ether oxygens (including phenoxy) is 1. The number of rotatable bonds is 4. The third kappa shape index (κ3) is 3.20. The highest BCUT2D eigenvalue weighted by atomic mass is 35.5. The first-order valence-electron chi connectivity index (χ1n) is 6.29. The summed E-state index contributed by atoms with van der Waals surface area (Å²) in [5.41, 5.74) is 3.34. The first-order chi connectivity index (χ1) is 9.11.